The third-order valence-corrected chi connectivity index (χ3v) is 4.52. The van der Waals surface area contributed by atoms with Crippen molar-refractivity contribution >= 4 is 0 Å². The molecule has 0 radical (unpaired) electrons. The quantitative estimate of drug-likeness (QED) is 0.879. The highest BCUT2D eigenvalue weighted by Crippen LogP contribution is 2.45. The van der Waals surface area contributed by atoms with Crippen molar-refractivity contribution in [3.05, 3.63) is 29.8 Å². The topological polar surface area (TPSA) is 29.5 Å². The van der Waals surface area contributed by atoms with Crippen molar-refractivity contribution in [1.82, 2.24) is 0 Å². The van der Waals surface area contributed by atoms with Gasteiger partial charge in [-0.05, 0) is 30.0 Å². The fourth-order valence-corrected chi connectivity index (χ4v) is 2.54. The van der Waals surface area contributed by atoms with Crippen LogP contribution in [0.3, 0.4) is 0 Å². The van der Waals surface area contributed by atoms with Gasteiger partial charge in [0, 0.05) is 11.8 Å². The van der Waals surface area contributed by atoms with E-state index < -0.39 is 0 Å². The Morgan fingerprint density at radius 1 is 1.33 bits per heavy atom. The molecule has 0 heterocycles. The van der Waals surface area contributed by atoms with Crippen molar-refractivity contribution in [3.63, 3.8) is 0 Å². The zero-order chi connectivity index (χ0) is 13.3. The van der Waals surface area contributed by atoms with Gasteiger partial charge in [0.1, 0.15) is 11.9 Å². The third-order valence-electron chi connectivity index (χ3n) is 4.52. The molecule has 0 aromatic heterocycles. The molecule has 0 amide bonds. The molecule has 1 aliphatic rings. The van der Waals surface area contributed by atoms with E-state index in [0.29, 0.717) is 5.92 Å². The van der Waals surface area contributed by atoms with Gasteiger partial charge in [0.2, 0.25) is 0 Å². The van der Waals surface area contributed by atoms with Gasteiger partial charge in [0.15, 0.2) is 0 Å². The van der Waals surface area contributed by atoms with E-state index >= 15 is 0 Å². The SMILES string of the molecule is CCC1(C)C(O)CC1Oc1ccc(C(C)C)cc1. The summed E-state index contributed by atoms with van der Waals surface area (Å²) in [7, 11) is 0. The fraction of sp³-hybridized carbons (Fsp3) is 0.625. The summed E-state index contributed by atoms with van der Waals surface area (Å²) in [6, 6.07) is 8.32. The summed E-state index contributed by atoms with van der Waals surface area (Å²) in [6.45, 7) is 8.59. The normalized spacial score (nSPS) is 31.2. The number of rotatable bonds is 4. The smallest absolute Gasteiger partial charge is 0.119 e. The lowest BCUT2D eigenvalue weighted by molar-refractivity contribution is -0.147. The Hall–Kier alpha value is -1.02. The van der Waals surface area contributed by atoms with Crippen molar-refractivity contribution in [1.29, 1.82) is 0 Å². The van der Waals surface area contributed by atoms with E-state index in [-0.39, 0.29) is 17.6 Å². The van der Waals surface area contributed by atoms with Crippen molar-refractivity contribution in [2.75, 3.05) is 0 Å². The molecule has 1 aliphatic carbocycles. The average Bonchev–Trinajstić information content (AvgIpc) is 2.38. The van der Waals surface area contributed by atoms with Crippen LogP contribution in [0.2, 0.25) is 0 Å². The van der Waals surface area contributed by atoms with Gasteiger partial charge in [-0.15, -0.1) is 0 Å². The Morgan fingerprint density at radius 2 is 1.94 bits per heavy atom. The van der Waals surface area contributed by atoms with Crippen LogP contribution in [0.4, 0.5) is 0 Å². The molecule has 2 heteroatoms. The molecular formula is C16H24O2. The number of hydrogen-bond acceptors (Lipinski definition) is 2. The van der Waals surface area contributed by atoms with Gasteiger partial charge in [-0.3, -0.25) is 0 Å². The van der Waals surface area contributed by atoms with Gasteiger partial charge in [-0.2, -0.15) is 0 Å². The van der Waals surface area contributed by atoms with E-state index in [0.717, 1.165) is 18.6 Å². The fourth-order valence-electron chi connectivity index (χ4n) is 2.54. The van der Waals surface area contributed by atoms with Crippen molar-refractivity contribution in [3.8, 4) is 5.75 Å². The highest BCUT2D eigenvalue weighted by molar-refractivity contribution is 5.29. The molecule has 100 valence electrons. The Kier molecular flexibility index (Phi) is 3.67. The summed E-state index contributed by atoms with van der Waals surface area (Å²) in [4.78, 5) is 0. The first-order valence-corrected chi connectivity index (χ1v) is 6.92. The highest BCUT2D eigenvalue weighted by atomic mass is 16.5. The second-order valence-corrected chi connectivity index (χ2v) is 5.94. The Morgan fingerprint density at radius 3 is 2.39 bits per heavy atom. The van der Waals surface area contributed by atoms with Crippen LogP contribution in [0.25, 0.3) is 0 Å². The van der Waals surface area contributed by atoms with E-state index in [4.69, 9.17) is 4.74 Å². The molecule has 0 spiro atoms. The van der Waals surface area contributed by atoms with Gasteiger partial charge >= 0.3 is 0 Å². The summed E-state index contributed by atoms with van der Waals surface area (Å²) in [5.41, 5.74) is 1.24. The van der Waals surface area contributed by atoms with Crippen LogP contribution in [-0.2, 0) is 0 Å². The summed E-state index contributed by atoms with van der Waals surface area (Å²) >= 11 is 0. The molecule has 1 aromatic carbocycles. The minimum atomic E-state index is -0.220. The number of hydrogen-bond donors (Lipinski definition) is 1. The monoisotopic (exact) mass is 248 g/mol. The summed E-state index contributed by atoms with van der Waals surface area (Å²) in [5.74, 6) is 1.46. The Labute approximate surface area is 110 Å². The molecular weight excluding hydrogens is 224 g/mol. The van der Waals surface area contributed by atoms with E-state index in [9.17, 15) is 5.11 Å². The lowest BCUT2D eigenvalue weighted by atomic mass is 9.63. The van der Waals surface area contributed by atoms with Crippen molar-refractivity contribution < 1.29 is 9.84 Å². The first-order chi connectivity index (χ1) is 8.47. The zero-order valence-electron chi connectivity index (χ0n) is 11.8. The third kappa shape index (κ3) is 2.26. The van der Waals surface area contributed by atoms with E-state index in [2.05, 4.69) is 39.8 Å². The number of aliphatic hydroxyl groups excluding tert-OH is 1. The summed E-state index contributed by atoms with van der Waals surface area (Å²) in [6.07, 6.45) is 1.61. The van der Waals surface area contributed by atoms with E-state index in [1.54, 1.807) is 0 Å². The predicted molar refractivity (Wildman–Crippen MR) is 74.0 cm³/mol. The van der Waals surface area contributed by atoms with Crippen molar-refractivity contribution in [2.45, 2.75) is 58.7 Å². The molecule has 0 saturated heterocycles. The maximum atomic E-state index is 9.85. The molecule has 1 fully saturated rings. The van der Waals surface area contributed by atoms with Crippen LogP contribution in [0.15, 0.2) is 24.3 Å². The molecule has 3 atom stereocenters. The number of ether oxygens (including phenoxy) is 1. The zero-order valence-corrected chi connectivity index (χ0v) is 11.8. The van der Waals surface area contributed by atoms with Gasteiger partial charge in [-0.25, -0.2) is 0 Å². The summed E-state index contributed by atoms with van der Waals surface area (Å²) in [5, 5.41) is 9.85. The molecule has 2 rings (SSSR count). The second kappa shape index (κ2) is 4.93. The van der Waals surface area contributed by atoms with Crippen LogP contribution in [0.5, 0.6) is 5.75 Å². The molecule has 0 aliphatic heterocycles. The van der Waals surface area contributed by atoms with Gasteiger partial charge in [0.25, 0.3) is 0 Å². The van der Waals surface area contributed by atoms with Crippen LogP contribution >= 0.6 is 0 Å². The van der Waals surface area contributed by atoms with Gasteiger partial charge in [-0.1, -0.05) is 39.8 Å². The lowest BCUT2D eigenvalue weighted by Crippen LogP contribution is -2.57. The molecule has 2 nitrogen and oxygen atoms in total. The number of benzene rings is 1. The van der Waals surface area contributed by atoms with Crippen LogP contribution < -0.4 is 4.74 Å². The van der Waals surface area contributed by atoms with Crippen molar-refractivity contribution in [2.24, 2.45) is 5.41 Å². The first kappa shape index (κ1) is 13.4. The van der Waals surface area contributed by atoms with Crippen LogP contribution in [-0.4, -0.2) is 17.3 Å². The lowest BCUT2D eigenvalue weighted by Gasteiger charge is -2.50. The standard InChI is InChI=1S/C16H24O2/c1-5-16(4)14(17)10-15(16)18-13-8-6-12(7-9-13)11(2)3/h6-9,11,14-15,17H,5,10H2,1-4H3. The highest BCUT2D eigenvalue weighted by Gasteiger charge is 2.51. The first-order valence-electron chi connectivity index (χ1n) is 6.92. The molecule has 3 unspecified atom stereocenters. The van der Waals surface area contributed by atoms with Crippen LogP contribution in [0, 0.1) is 5.41 Å². The molecule has 1 aromatic rings. The Balaban J connectivity index is 2.02. The molecule has 0 bridgehead atoms. The summed E-state index contributed by atoms with van der Waals surface area (Å²) < 4.78 is 6.00. The molecule has 1 N–H and O–H groups in total. The molecule has 1 saturated carbocycles. The second-order valence-electron chi connectivity index (χ2n) is 5.94. The maximum absolute atomic E-state index is 9.85. The average molecular weight is 248 g/mol. The van der Waals surface area contributed by atoms with Crippen LogP contribution in [0.1, 0.15) is 52.0 Å². The van der Waals surface area contributed by atoms with E-state index in [1.165, 1.54) is 5.56 Å². The van der Waals surface area contributed by atoms with E-state index in [1.807, 2.05) is 12.1 Å². The largest absolute Gasteiger partial charge is 0.490 e. The Bertz CT molecular complexity index is 396. The van der Waals surface area contributed by atoms with Gasteiger partial charge < -0.3 is 9.84 Å². The minimum Gasteiger partial charge on any atom is -0.490 e. The predicted octanol–water partition coefficient (Wildman–Crippen LogP) is 3.74. The number of aliphatic hydroxyl groups is 1. The minimum absolute atomic E-state index is 0.0866. The van der Waals surface area contributed by atoms with Gasteiger partial charge in [0.05, 0.1) is 6.10 Å². The maximum Gasteiger partial charge on any atom is 0.119 e. The molecule has 18 heavy (non-hydrogen) atoms.